The summed E-state index contributed by atoms with van der Waals surface area (Å²) in [5.74, 6) is 0.270. The van der Waals surface area contributed by atoms with Crippen LogP contribution in [0.3, 0.4) is 0 Å². The van der Waals surface area contributed by atoms with Crippen molar-refractivity contribution in [1.29, 1.82) is 0 Å². The van der Waals surface area contributed by atoms with Gasteiger partial charge in [0.1, 0.15) is 5.75 Å². The SMILES string of the molecule is CCc1ccccc1OP(=O)(O)C(=O)c1ccc(C)cc1. The minimum atomic E-state index is -4.42. The van der Waals surface area contributed by atoms with Crippen molar-refractivity contribution in [3.63, 3.8) is 0 Å². The van der Waals surface area contributed by atoms with E-state index in [1.165, 1.54) is 12.1 Å². The van der Waals surface area contributed by atoms with Gasteiger partial charge in [0.2, 0.25) is 0 Å². The van der Waals surface area contributed by atoms with Crippen LogP contribution in [0.25, 0.3) is 0 Å². The zero-order valence-electron chi connectivity index (χ0n) is 11.9. The fourth-order valence-corrected chi connectivity index (χ4v) is 2.92. The molecule has 1 N–H and O–H groups in total. The Balaban J connectivity index is 2.27. The summed E-state index contributed by atoms with van der Waals surface area (Å²) in [6, 6.07) is 13.4. The van der Waals surface area contributed by atoms with E-state index < -0.39 is 13.1 Å². The molecule has 1 unspecified atom stereocenters. The molecule has 0 aromatic heterocycles. The molecule has 0 amide bonds. The summed E-state index contributed by atoms with van der Waals surface area (Å²) in [5, 5.41) is 0. The minimum Gasteiger partial charge on any atom is -0.419 e. The van der Waals surface area contributed by atoms with Crippen LogP contribution >= 0.6 is 7.60 Å². The van der Waals surface area contributed by atoms with E-state index in [1.807, 2.05) is 19.9 Å². The largest absolute Gasteiger partial charge is 0.448 e. The van der Waals surface area contributed by atoms with E-state index in [0.717, 1.165) is 11.1 Å². The third-order valence-corrected chi connectivity index (χ3v) is 4.35. The van der Waals surface area contributed by atoms with Gasteiger partial charge in [-0.15, -0.1) is 0 Å². The molecule has 5 heteroatoms. The van der Waals surface area contributed by atoms with Crippen LogP contribution in [0.15, 0.2) is 48.5 Å². The Hall–Kier alpha value is -1.90. The lowest BCUT2D eigenvalue weighted by Crippen LogP contribution is -2.06. The summed E-state index contributed by atoms with van der Waals surface area (Å²) in [7, 11) is -4.42. The fourth-order valence-electron chi connectivity index (χ4n) is 1.92. The van der Waals surface area contributed by atoms with Crippen molar-refractivity contribution >= 4 is 13.1 Å². The van der Waals surface area contributed by atoms with Gasteiger partial charge in [-0.25, -0.2) is 4.57 Å². The van der Waals surface area contributed by atoms with E-state index in [1.54, 1.807) is 30.3 Å². The van der Waals surface area contributed by atoms with E-state index in [-0.39, 0.29) is 11.3 Å². The molecule has 2 rings (SSSR count). The monoisotopic (exact) mass is 304 g/mol. The highest BCUT2D eigenvalue weighted by atomic mass is 31.2. The number of aryl methyl sites for hydroxylation is 2. The van der Waals surface area contributed by atoms with Gasteiger partial charge in [0.25, 0.3) is 5.52 Å². The molecule has 0 saturated heterocycles. The van der Waals surface area contributed by atoms with Crippen LogP contribution in [0, 0.1) is 6.92 Å². The van der Waals surface area contributed by atoms with Crippen molar-refractivity contribution in [3.8, 4) is 5.75 Å². The average molecular weight is 304 g/mol. The fraction of sp³-hybridized carbons (Fsp3) is 0.188. The van der Waals surface area contributed by atoms with Gasteiger partial charge < -0.3 is 9.42 Å². The molecular weight excluding hydrogens is 287 g/mol. The molecule has 0 heterocycles. The van der Waals surface area contributed by atoms with E-state index >= 15 is 0 Å². The molecule has 0 fully saturated rings. The highest BCUT2D eigenvalue weighted by molar-refractivity contribution is 7.72. The van der Waals surface area contributed by atoms with Gasteiger partial charge in [0.05, 0.1) is 0 Å². The normalized spacial score (nSPS) is 13.5. The maximum absolute atomic E-state index is 12.2. The predicted octanol–water partition coefficient (Wildman–Crippen LogP) is 3.96. The summed E-state index contributed by atoms with van der Waals surface area (Å²) < 4.78 is 17.4. The van der Waals surface area contributed by atoms with Crippen molar-refractivity contribution in [3.05, 3.63) is 65.2 Å². The molecule has 21 heavy (non-hydrogen) atoms. The zero-order chi connectivity index (χ0) is 15.5. The summed E-state index contributed by atoms with van der Waals surface area (Å²) >= 11 is 0. The molecule has 0 bridgehead atoms. The Kier molecular flexibility index (Phi) is 4.61. The van der Waals surface area contributed by atoms with Crippen molar-refractivity contribution in [2.24, 2.45) is 0 Å². The van der Waals surface area contributed by atoms with Crippen LogP contribution in [0.5, 0.6) is 5.75 Å². The molecule has 0 spiro atoms. The van der Waals surface area contributed by atoms with E-state index in [0.29, 0.717) is 6.42 Å². The zero-order valence-corrected chi connectivity index (χ0v) is 12.8. The number of para-hydroxylation sites is 1. The Labute approximate surface area is 123 Å². The van der Waals surface area contributed by atoms with Gasteiger partial charge in [-0.1, -0.05) is 55.0 Å². The topological polar surface area (TPSA) is 63.6 Å². The first-order chi connectivity index (χ1) is 9.94. The molecule has 0 saturated carbocycles. The maximum Gasteiger partial charge on any atom is 0.448 e. The van der Waals surface area contributed by atoms with Crippen LogP contribution in [-0.4, -0.2) is 10.4 Å². The maximum atomic E-state index is 12.2. The lowest BCUT2D eigenvalue weighted by molar-refractivity contribution is 0.104. The van der Waals surface area contributed by atoms with Crippen molar-refractivity contribution in [2.45, 2.75) is 20.3 Å². The Morgan fingerprint density at radius 1 is 1.14 bits per heavy atom. The molecule has 0 aliphatic heterocycles. The van der Waals surface area contributed by atoms with Crippen LogP contribution < -0.4 is 4.52 Å². The van der Waals surface area contributed by atoms with E-state index in [4.69, 9.17) is 4.52 Å². The third-order valence-electron chi connectivity index (χ3n) is 3.13. The molecule has 0 aliphatic carbocycles. The second kappa shape index (κ2) is 6.25. The average Bonchev–Trinajstić information content (AvgIpc) is 2.47. The second-order valence-electron chi connectivity index (χ2n) is 4.74. The lowest BCUT2D eigenvalue weighted by Gasteiger charge is -2.14. The van der Waals surface area contributed by atoms with Crippen molar-refractivity contribution < 1.29 is 18.8 Å². The van der Waals surface area contributed by atoms with Gasteiger partial charge in [0, 0.05) is 5.56 Å². The summed E-state index contributed by atoms with van der Waals surface area (Å²) in [4.78, 5) is 22.1. The van der Waals surface area contributed by atoms with Gasteiger partial charge in [-0.05, 0) is 25.0 Å². The Morgan fingerprint density at radius 3 is 2.38 bits per heavy atom. The molecule has 4 nitrogen and oxygen atoms in total. The molecule has 2 aromatic carbocycles. The third kappa shape index (κ3) is 3.60. The van der Waals surface area contributed by atoms with Gasteiger partial charge in [0.15, 0.2) is 0 Å². The van der Waals surface area contributed by atoms with Gasteiger partial charge in [-0.3, -0.25) is 4.79 Å². The van der Waals surface area contributed by atoms with Crippen LogP contribution in [-0.2, 0) is 11.0 Å². The highest BCUT2D eigenvalue weighted by Crippen LogP contribution is 2.46. The number of carbonyl (C=O) groups is 1. The predicted molar refractivity (Wildman–Crippen MR) is 81.8 cm³/mol. The second-order valence-corrected chi connectivity index (χ2v) is 6.37. The molecule has 2 aromatic rings. The quantitative estimate of drug-likeness (QED) is 0.849. The first-order valence-corrected chi connectivity index (χ1v) is 8.23. The standard InChI is InChI=1S/C16H17O4P/c1-3-13-6-4-5-7-15(13)20-21(18,19)16(17)14-10-8-12(2)9-11-14/h4-11H,3H2,1-2H3,(H,18,19). The Morgan fingerprint density at radius 2 is 1.76 bits per heavy atom. The number of hydrogen-bond donors (Lipinski definition) is 1. The van der Waals surface area contributed by atoms with Crippen molar-refractivity contribution in [1.82, 2.24) is 0 Å². The van der Waals surface area contributed by atoms with Gasteiger partial charge >= 0.3 is 7.60 Å². The van der Waals surface area contributed by atoms with Crippen LogP contribution in [0.1, 0.15) is 28.4 Å². The summed E-state index contributed by atoms with van der Waals surface area (Å²) in [5.41, 5.74) is 1.02. The Bertz CT molecular complexity index is 692. The van der Waals surface area contributed by atoms with Gasteiger partial charge in [-0.2, -0.15) is 0 Å². The highest BCUT2D eigenvalue weighted by Gasteiger charge is 2.33. The lowest BCUT2D eigenvalue weighted by atomic mass is 10.1. The molecule has 0 radical (unpaired) electrons. The molecular formula is C16H17O4P. The van der Waals surface area contributed by atoms with Crippen molar-refractivity contribution in [2.75, 3.05) is 0 Å². The molecule has 110 valence electrons. The number of carbonyl (C=O) groups excluding carboxylic acids is 1. The smallest absolute Gasteiger partial charge is 0.419 e. The number of rotatable bonds is 5. The van der Waals surface area contributed by atoms with E-state index in [9.17, 15) is 14.3 Å². The van der Waals surface area contributed by atoms with E-state index in [2.05, 4.69) is 0 Å². The van der Waals surface area contributed by atoms with Crippen LogP contribution in [0.2, 0.25) is 0 Å². The van der Waals surface area contributed by atoms with Crippen LogP contribution in [0.4, 0.5) is 0 Å². The molecule has 0 aliphatic rings. The molecule has 1 atom stereocenters. The summed E-state index contributed by atoms with van der Waals surface area (Å²) in [6.07, 6.45) is 0.648. The summed E-state index contributed by atoms with van der Waals surface area (Å²) in [6.45, 7) is 3.78. The minimum absolute atomic E-state index is 0.167. The number of hydrogen-bond acceptors (Lipinski definition) is 3. The first kappa shape index (κ1) is 15.5. The number of benzene rings is 2. The first-order valence-electron chi connectivity index (χ1n) is 6.66.